The number of urea groups is 1. The molecule has 2 fully saturated rings. The molecular formula is C19H26N6O4. The molecule has 0 aliphatic carbocycles. The summed E-state index contributed by atoms with van der Waals surface area (Å²) in [6.07, 6.45) is 0.701. The second-order valence-electron chi connectivity index (χ2n) is 7.25. The van der Waals surface area contributed by atoms with Gasteiger partial charge in [-0.1, -0.05) is 23.4 Å². The SMILES string of the molecule is O=C(Nc1ccccc1)N[C@@H]1[C@@H](O)CO[C@@H]1Cn1cc(CN2CCOCC2)nn1. The number of aliphatic hydroxyl groups is 1. The Bertz CT molecular complexity index is 795. The highest BCUT2D eigenvalue weighted by Gasteiger charge is 2.37. The van der Waals surface area contributed by atoms with E-state index in [9.17, 15) is 9.90 Å². The molecule has 0 radical (unpaired) electrons. The number of anilines is 1. The molecule has 2 aliphatic heterocycles. The van der Waals surface area contributed by atoms with Crippen LogP contribution < -0.4 is 10.6 Å². The number of aliphatic hydroxyl groups excluding tert-OH is 1. The lowest BCUT2D eigenvalue weighted by molar-refractivity contribution is 0.0336. The average Bonchev–Trinajstić information content (AvgIpc) is 3.31. The second kappa shape index (κ2) is 9.31. The van der Waals surface area contributed by atoms with Crippen LogP contribution in [0, 0.1) is 0 Å². The van der Waals surface area contributed by atoms with Gasteiger partial charge in [-0.15, -0.1) is 5.10 Å². The Labute approximate surface area is 168 Å². The number of nitrogens with zero attached hydrogens (tertiary/aromatic N) is 4. The van der Waals surface area contributed by atoms with Crippen molar-refractivity contribution in [1.82, 2.24) is 25.2 Å². The molecule has 3 heterocycles. The van der Waals surface area contributed by atoms with E-state index in [1.165, 1.54) is 0 Å². The third-order valence-electron chi connectivity index (χ3n) is 5.07. The van der Waals surface area contributed by atoms with E-state index in [1.54, 1.807) is 16.8 Å². The number of para-hydroxylation sites is 1. The van der Waals surface area contributed by atoms with Crippen LogP contribution in [0.3, 0.4) is 0 Å². The number of carbonyl (C=O) groups excluding carboxylic acids is 1. The molecular weight excluding hydrogens is 376 g/mol. The van der Waals surface area contributed by atoms with Crippen LogP contribution in [0.1, 0.15) is 5.69 Å². The number of amides is 2. The second-order valence-corrected chi connectivity index (χ2v) is 7.25. The summed E-state index contributed by atoms with van der Waals surface area (Å²) in [7, 11) is 0. The third-order valence-corrected chi connectivity index (χ3v) is 5.07. The summed E-state index contributed by atoms with van der Waals surface area (Å²) in [5.74, 6) is 0. The number of rotatable bonds is 6. The van der Waals surface area contributed by atoms with Crippen molar-refractivity contribution in [1.29, 1.82) is 0 Å². The molecule has 10 nitrogen and oxygen atoms in total. The van der Waals surface area contributed by atoms with E-state index in [0.717, 1.165) is 38.5 Å². The van der Waals surface area contributed by atoms with Crippen LogP contribution in [0.4, 0.5) is 10.5 Å². The fourth-order valence-corrected chi connectivity index (χ4v) is 3.55. The summed E-state index contributed by atoms with van der Waals surface area (Å²) in [5, 5.41) is 24.2. The van der Waals surface area contributed by atoms with Crippen molar-refractivity contribution in [3.8, 4) is 0 Å². The van der Waals surface area contributed by atoms with E-state index in [4.69, 9.17) is 9.47 Å². The maximum absolute atomic E-state index is 12.3. The van der Waals surface area contributed by atoms with Crippen LogP contribution >= 0.6 is 0 Å². The highest BCUT2D eigenvalue weighted by atomic mass is 16.5. The molecule has 2 aromatic rings. The maximum atomic E-state index is 12.3. The maximum Gasteiger partial charge on any atom is 0.319 e. The van der Waals surface area contributed by atoms with Crippen LogP contribution in [0.25, 0.3) is 0 Å². The molecule has 1 aromatic heterocycles. The van der Waals surface area contributed by atoms with Crippen LogP contribution in [0.5, 0.6) is 0 Å². The largest absolute Gasteiger partial charge is 0.388 e. The lowest BCUT2D eigenvalue weighted by atomic mass is 10.1. The molecule has 29 heavy (non-hydrogen) atoms. The first-order valence-corrected chi connectivity index (χ1v) is 9.79. The first-order valence-electron chi connectivity index (χ1n) is 9.79. The summed E-state index contributed by atoms with van der Waals surface area (Å²) >= 11 is 0. The van der Waals surface area contributed by atoms with Crippen LogP contribution in [0.15, 0.2) is 36.5 Å². The van der Waals surface area contributed by atoms with Crippen LogP contribution in [-0.4, -0.2) is 82.2 Å². The highest BCUT2D eigenvalue weighted by molar-refractivity contribution is 5.89. The Morgan fingerprint density at radius 2 is 2.03 bits per heavy atom. The normalized spacial score (nSPS) is 25.1. The van der Waals surface area contributed by atoms with Gasteiger partial charge in [-0.05, 0) is 12.1 Å². The van der Waals surface area contributed by atoms with Gasteiger partial charge in [0.1, 0.15) is 12.2 Å². The molecule has 2 amide bonds. The molecule has 3 N–H and O–H groups in total. The van der Waals surface area contributed by atoms with Gasteiger partial charge in [0.15, 0.2) is 0 Å². The van der Waals surface area contributed by atoms with E-state index in [0.29, 0.717) is 12.2 Å². The van der Waals surface area contributed by atoms with Gasteiger partial charge < -0.3 is 25.2 Å². The van der Waals surface area contributed by atoms with Gasteiger partial charge in [0, 0.05) is 31.5 Å². The predicted octanol–water partition coefficient (Wildman–Crippen LogP) is 0.0603. The Morgan fingerprint density at radius 1 is 1.24 bits per heavy atom. The zero-order valence-electron chi connectivity index (χ0n) is 16.1. The summed E-state index contributed by atoms with van der Waals surface area (Å²) in [5.41, 5.74) is 1.55. The quantitative estimate of drug-likeness (QED) is 0.626. The van der Waals surface area contributed by atoms with Crippen molar-refractivity contribution in [2.24, 2.45) is 0 Å². The lowest BCUT2D eigenvalue weighted by Crippen LogP contribution is -2.49. The van der Waals surface area contributed by atoms with Crippen molar-refractivity contribution in [2.75, 3.05) is 38.2 Å². The Kier molecular flexibility index (Phi) is 6.35. The molecule has 2 aliphatic rings. The van der Waals surface area contributed by atoms with Crippen molar-refractivity contribution >= 4 is 11.7 Å². The van der Waals surface area contributed by atoms with Gasteiger partial charge in [-0.2, -0.15) is 0 Å². The number of hydrogen-bond donors (Lipinski definition) is 3. The van der Waals surface area contributed by atoms with Crippen molar-refractivity contribution in [3.63, 3.8) is 0 Å². The molecule has 0 saturated carbocycles. The number of morpholine rings is 1. The molecule has 3 atom stereocenters. The summed E-state index contributed by atoms with van der Waals surface area (Å²) in [6, 6.07) is 8.22. The topological polar surface area (TPSA) is 114 Å². The first kappa shape index (κ1) is 19.8. The fraction of sp³-hybridized carbons (Fsp3) is 0.526. The van der Waals surface area contributed by atoms with Gasteiger partial charge in [-0.3, -0.25) is 4.90 Å². The van der Waals surface area contributed by atoms with Crippen LogP contribution in [-0.2, 0) is 22.6 Å². The molecule has 10 heteroatoms. The Balaban J connectivity index is 1.32. The zero-order chi connectivity index (χ0) is 20.1. The third kappa shape index (κ3) is 5.30. The molecule has 0 bridgehead atoms. The van der Waals surface area contributed by atoms with Gasteiger partial charge in [0.2, 0.25) is 0 Å². The molecule has 2 saturated heterocycles. The number of benzene rings is 1. The van der Waals surface area contributed by atoms with Crippen molar-refractivity contribution in [2.45, 2.75) is 31.3 Å². The Morgan fingerprint density at radius 3 is 2.83 bits per heavy atom. The van der Waals surface area contributed by atoms with Gasteiger partial charge in [0.05, 0.1) is 38.1 Å². The number of ether oxygens (including phenoxy) is 2. The van der Waals surface area contributed by atoms with Crippen molar-refractivity contribution < 1.29 is 19.4 Å². The summed E-state index contributed by atoms with van der Waals surface area (Å²) in [4.78, 5) is 14.6. The average molecular weight is 402 g/mol. The summed E-state index contributed by atoms with van der Waals surface area (Å²) < 4.78 is 12.7. The monoisotopic (exact) mass is 402 g/mol. The predicted molar refractivity (Wildman–Crippen MR) is 104 cm³/mol. The zero-order valence-corrected chi connectivity index (χ0v) is 16.1. The first-order chi connectivity index (χ1) is 14.2. The minimum Gasteiger partial charge on any atom is -0.388 e. The van der Waals surface area contributed by atoms with Gasteiger partial charge >= 0.3 is 6.03 Å². The molecule has 0 spiro atoms. The smallest absolute Gasteiger partial charge is 0.319 e. The fourth-order valence-electron chi connectivity index (χ4n) is 3.55. The van der Waals surface area contributed by atoms with E-state index in [-0.39, 0.29) is 12.6 Å². The number of carbonyl (C=O) groups is 1. The van der Waals surface area contributed by atoms with E-state index < -0.39 is 18.2 Å². The van der Waals surface area contributed by atoms with Gasteiger partial charge in [0.25, 0.3) is 0 Å². The van der Waals surface area contributed by atoms with Gasteiger partial charge in [-0.25, -0.2) is 9.48 Å². The van der Waals surface area contributed by atoms with E-state index in [1.807, 2.05) is 24.4 Å². The van der Waals surface area contributed by atoms with E-state index in [2.05, 4.69) is 25.8 Å². The Hall–Kier alpha value is -2.53. The molecule has 156 valence electrons. The highest BCUT2D eigenvalue weighted by Crippen LogP contribution is 2.17. The lowest BCUT2D eigenvalue weighted by Gasteiger charge is -2.25. The molecule has 0 unspecified atom stereocenters. The van der Waals surface area contributed by atoms with Crippen molar-refractivity contribution in [3.05, 3.63) is 42.2 Å². The number of aromatic nitrogens is 3. The summed E-state index contributed by atoms with van der Waals surface area (Å²) in [6.45, 7) is 4.51. The molecule has 1 aromatic carbocycles. The standard InChI is InChI=1S/C19H26N6O4/c26-16-13-29-17(18(16)21-19(27)20-14-4-2-1-3-5-14)12-25-11-15(22-23-25)10-24-6-8-28-9-7-24/h1-5,11,16-18,26H,6-10,12-13H2,(H2,20,21,27)/t16-,17+,18+/m0/s1. The minimum absolute atomic E-state index is 0.163. The molecule has 4 rings (SSSR count). The minimum atomic E-state index is -0.780. The van der Waals surface area contributed by atoms with E-state index >= 15 is 0 Å². The number of nitrogens with one attached hydrogen (secondary N) is 2. The number of hydrogen-bond acceptors (Lipinski definition) is 7. The van der Waals surface area contributed by atoms with Crippen LogP contribution in [0.2, 0.25) is 0 Å².